The normalized spacial score (nSPS) is 16.1. The Balaban J connectivity index is 1.45. The van der Waals surface area contributed by atoms with Gasteiger partial charge in [0.25, 0.3) is 11.8 Å². The number of hydrogen-bond donors (Lipinski definition) is 1. The van der Waals surface area contributed by atoms with Gasteiger partial charge < -0.3 is 19.4 Å². The number of nitrogens with zero attached hydrogens (tertiary/aromatic N) is 2. The molecule has 0 radical (unpaired) electrons. The summed E-state index contributed by atoms with van der Waals surface area (Å²) in [6, 6.07) is 16.1. The number of anilines is 1. The van der Waals surface area contributed by atoms with Crippen LogP contribution in [0.15, 0.2) is 65.3 Å². The van der Waals surface area contributed by atoms with Crippen LogP contribution in [0.3, 0.4) is 0 Å². The summed E-state index contributed by atoms with van der Waals surface area (Å²) in [6.45, 7) is 0.0423. The summed E-state index contributed by atoms with van der Waals surface area (Å²) in [4.78, 5) is 31.0. The molecule has 1 N–H and O–H groups in total. The molecule has 0 aliphatic carbocycles. The summed E-state index contributed by atoms with van der Waals surface area (Å²) in [5, 5.41) is 2.69. The molecule has 0 bridgehead atoms. The fourth-order valence-corrected chi connectivity index (χ4v) is 3.06. The summed E-state index contributed by atoms with van der Waals surface area (Å²) in [5.74, 6) is 0.293. The lowest BCUT2D eigenvalue weighted by Crippen LogP contribution is -2.49. The van der Waals surface area contributed by atoms with Crippen molar-refractivity contribution in [1.82, 2.24) is 10.3 Å². The van der Waals surface area contributed by atoms with E-state index in [1.165, 1.54) is 11.2 Å². The van der Waals surface area contributed by atoms with E-state index in [1.54, 1.807) is 19.2 Å². The molecule has 1 aliphatic rings. The lowest BCUT2D eigenvalue weighted by molar-refractivity contribution is -0.120. The number of aromatic nitrogens is 1. The molecule has 1 unspecified atom stereocenters. The van der Waals surface area contributed by atoms with Gasteiger partial charge in [0.15, 0.2) is 11.6 Å². The van der Waals surface area contributed by atoms with Crippen LogP contribution in [-0.2, 0) is 11.2 Å². The predicted octanol–water partition coefficient (Wildman–Crippen LogP) is 2.42. The Bertz CT molecular complexity index is 1000. The second-order valence-corrected chi connectivity index (χ2v) is 6.49. The first-order valence-corrected chi connectivity index (χ1v) is 8.90. The molecule has 2 heterocycles. The molecule has 3 aromatic rings. The molecule has 2 aromatic carbocycles. The summed E-state index contributed by atoms with van der Waals surface area (Å²) in [7, 11) is 1.66. The number of fused-ring (bicyclic) bond motifs is 1. The van der Waals surface area contributed by atoms with E-state index < -0.39 is 11.9 Å². The first-order chi connectivity index (χ1) is 13.6. The third-order valence-corrected chi connectivity index (χ3v) is 4.55. The molecule has 142 valence electrons. The zero-order valence-electron chi connectivity index (χ0n) is 15.3. The number of para-hydroxylation sites is 2. The van der Waals surface area contributed by atoms with Crippen molar-refractivity contribution in [2.24, 2.45) is 0 Å². The molecule has 1 aliphatic heterocycles. The predicted molar refractivity (Wildman–Crippen MR) is 102 cm³/mol. The van der Waals surface area contributed by atoms with E-state index in [4.69, 9.17) is 9.15 Å². The average Bonchev–Trinajstić information content (AvgIpc) is 3.15. The molecule has 7 heteroatoms. The third-order valence-electron chi connectivity index (χ3n) is 4.55. The Kier molecular flexibility index (Phi) is 4.80. The number of oxazole rings is 1. The maximum atomic E-state index is 12.7. The van der Waals surface area contributed by atoms with Crippen LogP contribution in [0.5, 0.6) is 5.75 Å². The second kappa shape index (κ2) is 7.56. The Morgan fingerprint density at radius 3 is 2.75 bits per heavy atom. The van der Waals surface area contributed by atoms with Crippen molar-refractivity contribution < 1.29 is 18.7 Å². The van der Waals surface area contributed by atoms with E-state index in [9.17, 15) is 9.59 Å². The molecule has 4 rings (SSSR count). The van der Waals surface area contributed by atoms with Crippen LogP contribution in [0.25, 0.3) is 0 Å². The van der Waals surface area contributed by atoms with Crippen molar-refractivity contribution in [1.29, 1.82) is 0 Å². The maximum absolute atomic E-state index is 12.7. The fourth-order valence-electron chi connectivity index (χ4n) is 3.06. The third kappa shape index (κ3) is 3.59. The van der Waals surface area contributed by atoms with Crippen molar-refractivity contribution in [2.45, 2.75) is 12.5 Å². The highest BCUT2D eigenvalue weighted by atomic mass is 16.5. The van der Waals surface area contributed by atoms with Crippen molar-refractivity contribution in [3.63, 3.8) is 0 Å². The van der Waals surface area contributed by atoms with E-state index in [-0.39, 0.29) is 18.2 Å². The van der Waals surface area contributed by atoms with Gasteiger partial charge in [-0.25, -0.2) is 4.98 Å². The minimum atomic E-state index is -0.820. The summed E-state index contributed by atoms with van der Waals surface area (Å²) in [6.07, 6.45) is 1.78. The largest absolute Gasteiger partial charge is 0.489 e. The summed E-state index contributed by atoms with van der Waals surface area (Å²) in [5.41, 5.74) is 1.82. The lowest BCUT2D eigenvalue weighted by atomic mass is 10.1. The standard InChI is InChI=1S/C21H19N3O4/c1-24-17-9-5-6-10-18(17)27-13-16(21(24)26)23-20(25)15-12-28-19(22-15)11-14-7-3-2-4-8-14/h2-10,12,16H,11,13H2,1H3,(H,23,25). The van der Waals surface area contributed by atoms with Crippen LogP contribution in [0.1, 0.15) is 21.9 Å². The molecule has 7 nitrogen and oxygen atoms in total. The van der Waals surface area contributed by atoms with Crippen molar-refractivity contribution in [3.05, 3.63) is 78.0 Å². The average molecular weight is 377 g/mol. The number of benzene rings is 2. The molecule has 1 aromatic heterocycles. The van der Waals surface area contributed by atoms with Crippen molar-refractivity contribution in [2.75, 3.05) is 18.6 Å². The quantitative estimate of drug-likeness (QED) is 0.755. The summed E-state index contributed by atoms with van der Waals surface area (Å²) >= 11 is 0. The molecule has 0 spiro atoms. The number of rotatable bonds is 4. The summed E-state index contributed by atoms with van der Waals surface area (Å²) < 4.78 is 11.1. The van der Waals surface area contributed by atoms with E-state index in [2.05, 4.69) is 10.3 Å². The minimum Gasteiger partial charge on any atom is -0.489 e. The minimum absolute atomic E-state index is 0.0423. The van der Waals surface area contributed by atoms with Gasteiger partial charge in [-0.05, 0) is 17.7 Å². The number of nitrogens with one attached hydrogen (secondary N) is 1. The number of carbonyl (C=O) groups is 2. The number of ether oxygens (including phenoxy) is 1. The zero-order valence-corrected chi connectivity index (χ0v) is 15.3. The highest BCUT2D eigenvalue weighted by molar-refractivity contribution is 6.02. The maximum Gasteiger partial charge on any atom is 0.273 e. The smallest absolute Gasteiger partial charge is 0.273 e. The Hall–Kier alpha value is -3.61. The van der Waals surface area contributed by atoms with Gasteiger partial charge in [-0.15, -0.1) is 0 Å². The molecular formula is C21H19N3O4. The van der Waals surface area contributed by atoms with Gasteiger partial charge >= 0.3 is 0 Å². The van der Waals surface area contributed by atoms with E-state index in [1.807, 2.05) is 42.5 Å². The number of amides is 2. The number of likely N-dealkylation sites (N-methyl/N-ethyl adjacent to an activating group) is 1. The van der Waals surface area contributed by atoms with Crippen LogP contribution in [-0.4, -0.2) is 36.5 Å². The van der Waals surface area contributed by atoms with Gasteiger partial charge in [-0.2, -0.15) is 0 Å². The second-order valence-electron chi connectivity index (χ2n) is 6.49. The van der Waals surface area contributed by atoms with Gasteiger partial charge in [0.2, 0.25) is 0 Å². The Labute approximate surface area is 161 Å². The molecule has 28 heavy (non-hydrogen) atoms. The van der Waals surface area contributed by atoms with Gasteiger partial charge in [0.1, 0.15) is 24.7 Å². The van der Waals surface area contributed by atoms with Crippen LogP contribution in [0.4, 0.5) is 5.69 Å². The van der Waals surface area contributed by atoms with Crippen LogP contribution < -0.4 is 15.0 Å². The molecular weight excluding hydrogens is 358 g/mol. The van der Waals surface area contributed by atoms with Crippen LogP contribution in [0.2, 0.25) is 0 Å². The van der Waals surface area contributed by atoms with Crippen LogP contribution in [0, 0.1) is 0 Å². The lowest BCUT2D eigenvalue weighted by Gasteiger charge is -2.19. The van der Waals surface area contributed by atoms with Crippen molar-refractivity contribution >= 4 is 17.5 Å². The van der Waals surface area contributed by atoms with Crippen LogP contribution >= 0.6 is 0 Å². The molecule has 1 atom stereocenters. The monoisotopic (exact) mass is 377 g/mol. The highest BCUT2D eigenvalue weighted by Crippen LogP contribution is 2.29. The SMILES string of the molecule is CN1C(=O)C(NC(=O)c2coc(Cc3ccccc3)n2)COc2ccccc21. The first kappa shape index (κ1) is 17.8. The van der Waals surface area contributed by atoms with Crippen molar-refractivity contribution in [3.8, 4) is 5.75 Å². The van der Waals surface area contributed by atoms with E-state index in [0.717, 1.165) is 5.56 Å². The number of hydrogen-bond acceptors (Lipinski definition) is 5. The molecule has 0 fully saturated rings. The molecule has 0 saturated heterocycles. The van der Waals surface area contributed by atoms with E-state index in [0.29, 0.717) is 23.7 Å². The fraction of sp³-hybridized carbons (Fsp3) is 0.190. The Morgan fingerprint density at radius 2 is 1.93 bits per heavy atom. The first-order valence-electron chi connectivity index (χ1n) is 8.90. The zero-order chi connectivity index (χ0) is 19.5. The Morgan fingerprint density at radius 1 is 1.18 bits per heavy atom. The van der Waals surface area contributed by atoms with Gasteiger partial charge in [0.05, 0.1) is 5.69 Å². The van der Waals surface area contributed by atoms with Gasteiger partial charge in [-0.3, -0.25) is 9.59 Å². The topological polar surface area (TPSA) is 84.7 Å². The number of carbonyl (C=O) groups excluding carboxylic acids is 2. The molecule has 0 saturated carbocycles. The van der Waals surface area contributed by atoms with Gasteiger partial charge in [0, 0.05) is 13.5 Å². The van der Waals surface area contributed by atoms with Gasteiger partial charge in [-0.1, -0.05) is 42.5 Å². The highest BCUT2D eigenvalue weighted by Gasteiger charge is 2.31. The molecule has 2 amide bonds. The van der Waals surface area contributed by atoms with E-state index >= 15 is 0 Å².